The van der Waals surface area contributed by atoms with Gasteiger partial charge in [0.1, 0.15) is 12.4 Å². The summed E-state index contributed by atoms with van der Waals surface area (Å²) in [4.78, 5) is 0. The highest BCUT2D eigenvalue weighted by molar-refractivity contribution is 5.62. The molecule has 0 saturated carbocycles. The lowest BCUT2D eigenvalue weighted by atomic mass is 10.0. The summed E-state index contributed by atoms with van der Waals surface area (Å²) in [5, 5.41) is 10.6. The van der Waals surface area contributed by atoms with Crippen molar-refractivity contribution >= 4 is 0 Å². The van der Waals surface area contributed by atoms with Crippen molar-refractivity contribution in [1.82, 2.24) is 15.5 Å². The van der Waals surface area contributed by atoms with E-state index in [1.54, 1.807) is 19.4 Å². The van der Waals surface area contributed by atoms with Crippen molar-refractivity contribution in [2.24, 2.45) is 0 Å². The second kappa shape index (κ2) is 7.17. The van der Waals surface area contributed by atoms with Crippen molar-refractivity contribution in [2.75, 3.05) is 13.7 Å². The Bertz CT molecular complexity index is 910. The van der Waals surface area contributed by atoms with Crippen LogP contribution in [0, 0.1) is 5.82 Å². The first kappa shape index (κ1) is 16.6. The fourth-order valence-electron chi connectivity index (χ4n) is 3.28. The summed E-state index contributed by atoms with van der Waals surface area (Å²) >= 11 is 0. The zero-order chi connectivity index (χ0) is 17.9. The first-order valence-corrected chi connectivity index (χ1v) is 8.55. The quantitative estimate of drug-likeness (QED) is 0.739. The molecule has 0 fully saturated rings. The SMILES string of the molecule is COc1cccc2c1OC[C@H](NCc1cn[nH]c1-c1cccc(F)c1)C2. The summed E-state index contributed by atoms with van der Waals surface area (Å²) < 4.78 is 24.7. The number of aromatic nitrogens is 2. The molecule has 1 aliphatic heterocycles. The van der Waals surface area contributed by atoms with Crippen molar-refractivity contribution in [3.63, 3.8) is 0 Å². The molecule has 0 amide bonds. The van der Waals surface area contributed by atoms with E-state index in [-0.39, 0.29) is 11.9 Å². The predicted octanol–water partition coefficient (Wildman–Crippen LogP) is 3.32. The Hall–Kier alpha value is -2.86. The van der Waals surface area contributed by atoms with Gasteiger partial charge in [0, 0.05) is 23.7 Å². The maximum absolute atomic E-state index is 13.5. The lowest BCUT2D eigenvalue weighted by Gasteiger charge is -2.27. The number of para-hydroxylation sites is 1. The molecular weight excluding hydrogens is 333 g/mol. The summed E-state index contributed by atoms with van der Waals surface area (Å²) in [6.07, 6.45) is 2.63. The molecule has 1 aliphatic rings. The normalized spacial score (nSPS) is 16.0. The zero-order valence-electron chi connectivity index (χ0n) is 14.5. The predicted molar refractivity (Wildman–Crippen MR) is 96.8 cm³/mol. The van der Waals surface area contributed by atoms with Crippen LogP contribution in [0.1, 0.15) is 11.1 Å². The molecule has 3 aromatic rings. The summed E-state index contributed by atoms with van der Waals surface area (Å²) in [6.45, 7) is 1.19. The van der Waals surface area contributed by atoms with Gasteiger partial charge in [-0.25, -0.2) is 4.39 Å². The molecule has 0 bridgehead atoms. The topological polar surface area (TPSA) is 59.2 Å². The van der Waals surface area contributed by atoms with Gasteiger partial charge in [-0.2, -0.15) is 5.10 Å². The Balaban J connectivity index is 1.45. The minimum absolute atomic E-state index is 0.185. The largest absolute Gasteiger partial charge is 0.493 e. The van der Waals surface area contributed by atoms with Gasteiger partial charge in [-0.05, 0) is 30.2 Å². The van der Waals surface area contributed by atoms with Gasteiger partial charge in [0.25, 0.3) is 0 Å². The van der Waals surface area contributed by atoms with Gasteiger partial charge in [-0.1, -0.05) is 24.3 Å². The molecule has 2 N–H and O–H groups in total. The number of aromatic amines is 1. The van der Waals surface area contributed by atoms with Crippen LogP contribution in [-0.4, -0.2) is 30.0 Å². The van der Waals surface area contributed by atoms with Crippen molar-refractivity contribution < 1.29 is 13.9 Å². The fourth-order valence-corrected chi connectivity index (χ4v) is 3.28. The Morgan fingerprint density at radius 2 is 2.19 bits per heavy atom. The average molecular weight is 353 g/mol. The van der Waals surface area contributed by atoms with Crippen LogP contribution in [0.3, 0.4) is 0 Å². The van der Waals surface area contributed by atoms with E-state index in [4.69, 9.17) is 9.47 Å². The van der Waals surface area contributed by atoms with Crippen molar-refractivity contribution in [1.29, 1.82) is 0 Å². The molecule has 5 nitrogen and oxygen atoms in total. The van der Waals surface area contributed by atoms with Crippen LogP contribution in [0.5, 0.6) is 11.5 Å². The van der Waals surface area contributed by atoms with E-state index in [1.165, 1.54) is 12.1 Å². The molecule has 2 aromatic carbocycles. The second-order valence-corrected chi connectivity index (χ2v) is 6.32. The second-order valence-electron chi connectivity index (χ2n) is 6.32. The van der Waals surface area contributed by atoms with Crippen LogP contribution in [0.25, 0.3) is 11.3 Å². The molecule has 26 heavy (non-hydrogen) atoms. The lowest BCUT2D eigenvalue weighted by molar-refractivity contribution is 0.227. The van der Waals surface area contributed by atoms with E-state index in [0.717, 1.165) is 40.3 Å². The number of nitrogens with one attached hydrogen (secondary N) is 2. The Morgan fingerprint density at radius 3 is 3.04 bits per heavy atom. The number of hydrogen-bond donors (Lipinski definition) is 2. The van der Waals surface area contributed by atoms with Crippen LogP contribution in [0.15, 0.2) is 48.7 Å². The van der Waals surface area contributed by atoms with E-state index in [9.17, 15) is 4.39 Å². The number of nitrogens with zero attached hydrogens (tertiary/aromatic N) is 1. The molecule has 6 heteroatoms. The first-order chi connectivity index (χ1) is 12.7. The van der Waals surface area contributed by atoms with Crippen molar-refractivity contribution in [2.45, 2.75) is 19.0 Å². The molecule has 134 valence electrons. The number of benzene rings is 2. The molecule has 0 spiro atoms. The Morgan fingerprint density at radius 1 is 1.31 bits per heavy atom. The number of ether oxygens (including phenoxy) is 2. The van der Waals surface area contributed by atoms with Gasteiger partial charge in [-0.3, -0.25) is 5.10 Å². The van der Waals surface area contributed by atoms with Gasteiger partial charge < -0.3 is 14.8 Å². The number of fused-ring (bicyclic) bond motifs is 1. The van der Waals surface area contributed by atoms with Crippen molar-refractivity contribution in [3.05, 3.63) is 65.6 Å². The molecular formula is C20H20FN3O2. The van der Waals surface area contributed by atoms with E-state index in [1.807, 2.05) is 18.2 Å². The summed E-state index contributed by atoms with van der Waals surface area (Å²) in [5.41, 5.74) is 3.74. The third-order valence-corrected chi connectivity index (χ3v) is 4.59. The molecule has 1 aromatic heterocycles. The van der Waals surface area contributed by atoms with Crippen molar-refractivity contribution in [3.8, 4) is 22.8 Å². The van der Waals surface area contributed by atoms with E-state index < -0.39 is 0 Å². The van der Waals surface area contributed by atoms with E-state index >= 15 is 0 Å². The maximum atomic E-state index is 13.5. The number of rotatable bonds is 5. The average Bonchev–Trinajstić information content (AvgIpc) is 3.14. The highest BCUT2D eigenvalue weighted by Gasteiger charge is 2.22. The molecule has 0 radical (unpaired) electrons. The van der Waals surface area contributed by atoms with Crippen LogP contribution in [0.4, 0.5) is 4.39 Å². The van der Waals surface area contributed by atoms with Gasteiger partial charge >= 0.3 is 0 Å². The number of H-pyrrole nitrogens is 1. The molecule has 2 heterocycles. The van der Waals surface area contributed by atoms with Crippen LogP contribution < -0.4 is 14.8 Å². The summed E-state index contributed by atoms with van der Waals surface area (Å²) in [7, 11) is 1.65. The summed E-state index contributed by atoms with van der Waals surface area (Å²) in [6, 6.07) is 12.6. The number of methoxy groups -OCH3 is 1. The third-order valence-electron chi connectivity index (χ3n) is 4.59. The zero-order valence-corrected chi connectivity index (χ0v) is 14.5. The molecule has 0 unspecified atom stereocenters. The highest BCUT2D eigenvalue weighted by atomic mass is 19.1. The number of hydrogen-bond acceptors (Lipinski definition) is 4. The third kappa shape index (κ3) is 3.28. The standard InChI is InChI=1S/C20H20FN3O2/c1-25-18-7-3-5-14-9-17(12-26-20(14)18)22-10-15-11-23-24-19(15)13-4-2-6-16(21)8-13/h2-8,11,17,22H,9-10,12H2,1H3,(H,23,24)/t17-/m1/s1. The van der Waals surface area contributed by atoms with Gasteiger partial charge in [0.2, 0.25) is 0 Å². The first-order valence-electron chi connectivity index (χ1n) is 8.55. The molecule has 4 rings (SSSR count). The summed E-state index contributed by atoms with van der Waals surface area (Å²) in [5.74, 6) is 1.34. The Kier molecular flexibility index (Phi) is 4.58. The monoisotopic (exact) mass is 353 g/mol. The fraction of sp³-hybridized carbons (Fsp3) is 0.250. The molecule has 0 aliphatic carbocycles. The van der Waals surface area contributed by atoms with Gasteiger partial charge in [0.05, 0.1) is 19.0 Å². The van der Waals surface area contributed by atoms with E-state index in [2.05, 4.69) is 21.6 Å². The highest BCUT2D eigenvalue weighted by Crippen LogP contribution is 2.34. The minimum atomic E-state index is -0.262. The van der Waals surface area contributed by atoms with Gasteiger partial charge in [-0.15, -0.1) is 0 Å². The smallest absolute Gasteiger partial charge is 0.164 e. The van der Waals surface area contributed by atoms with Crippen LogP contribution in [-0.2, 0) is 13.0 Å². The molecule has 1 atom stereocenters. The van der Waals surface area contributed by atoms with Crippen LogP contribution in [0.2, 0.25) is 0 Å². The number of halogens is 1. The van der Waals surface area contributed by atoms with Gasteiger partial charge in [0.15, 0.2) is 11.5 Å². The van der Waals surface area contributed by atoms with E-state index in [0.29, 0.717) is 13.2 Å². The maximum Gasteiger partial charge on any atom is 0.164 e. The lowest BCUT2D eigenvalue weighted by Crippen LogP contribution is -2.39. The van der Waals surface area contributed by atoms with Crippen LogP contribution >= 0.6 is 0 Å². The Labute approximate surface area is 151 Å². The molecule has 0 saturated heterocycles. The minimum Gasteiger partial charge on any atom is -0.493 e.